The number of rotatable bonds is 7. The minimum atomic E-state index is -0.605. The predicted molar refractivity (Wildman–Crippen MR) is 133 cm³/mol. The quantitative estimate of drug-likeness (QED) is 0.367. The van der Waals surface area contributed by atoms with Crippen molar-refractivity contribution in [2.24, 2.45) is 5.92 Å². The third kappa shape index (κ3) is 4.30. The van der Waals surface area contributed by atoms with E-state index in [0.717, 1.165) is 5.56 Å². The molecule has 0 radical (unpaired) electrons. The molecule has 5 rings (SSSR count). The molecule has 1 amide bonds. The average molecular weight is 504 g/mol. The van der Waals surface area contributed by atoms with E-state index in [9.17, 15) is 19.7 Å². The molecular weight excluding hydrogens is 478 g/mol. The standard InChI is InChI=1S/C27H25N3O7/c1-15(31)28-20-6-4-5-19-23(20)26(32)24-25(17-8-10-18(11-9-17)30(33)34)29(37-27(19)24)14-16-7-12-21(35-2)22(13-16)36-3/h4-13,24-25,27H,14H2,1-3H3,(H,28,31)/t24-,25-,27+/m0/s1. The number of carbonyl (C=O) groups is 2. The number of non-ortho nitro benzene ring substituents is 1. The smallest absolute Gasteiger partial charge is 0.269 e. The number of nitrogens with zero attached hydrogens (tertiary/aromatic N) is 2. The van der Waals surface area contributed by atoms with Gasteiger partial charge in [-0.1, -0.05) is 30.3 Å². The molecule has 1 heterocycles. The second-order valence-corrected chi connectivity index (χ2v) is 8.93. The Bertz CT molecular complexity index is 1390. The van der Waals surface area contributed by atoms with Gasteiger partial charge >= 0.3 is 0 Å². The van der Waals surface area contributed by atoms with Crippen LogP contribution in [-0.4, -0.2) is 35.9 Å². The number of benzene rings is 3. The Labute approximate surface area is 212 Å². The highest BCUT2D eigenvalue weighted by atomic mass is 16.7. The molecule has 1 N–H and O–H groups in total. The van der Waals surface area contributed by atoms with Crippen LogP contribution in [0.3, 0.4) is 0 Å². The molecule has 0 spiro atoms. The maximum atomic E-state index is 13.8. The average Bonchev–Trinajstić information content (AvgIpc) is 3.39. The van der Waals surface area contributed by atoms with Crippen LogP contribution < -0.4 is 14.8 Å². The van der Waals surface area contributed by atoms with E-state index in [2.05, 4.69) is 5.32 Å². The third-order valence-corrected chi connectivity index (χ3v) is 6.72. The van der Waals surface area contributed by atoms with Gasteiger partial charge in [-0.05, 0) is 34.9 Å². The number of ketones is 1. The number of hydrogen-bond donors (Lipinski definition) is 1. The van der Waals surface area contributed by atoms with Crippen LogP contribution in [0, 0.1) is 16.0 Å². The highest BCUT2D eigenvalue weighted by Gasteiger charge is 2.54. The summed E-state index contributed by atoms with van der Waals surface area (Å²) < 4.78 is 10.8. The Morgan fingerprint density at radius 2 is 1.81 bits per heavy atom. The molecule has 10 nitrogen and oxygen atoms in total. The zero-order chi connectivity index (χ0) is 26.3. The van der Waals surface area contributed by atoms with Crippen LogP contribution in [0.15, 0.2) is 60.7 Å². The second kappa shape index (κ2) is 9.64. The van der Waals surface area contributed by atoms with E-state index >= 15 is 0 Å². The molecule has 2 aliphatic rings. The number of methoxy groups -OCH3 is 2. The summed E-state index contributed by atoms with van der Waals surface area (Å²) in [4.78, 5) is 42.7. The molecule has 0 bridgehead atoms. The predicted octanol–water partition coefficient (Wildman–Crippen LogP) is 4.61. The first kappa shape index (κ1) is 24.4. The van der Waals surface area contributed by atoms with Crippen LogP contribution >= 0.6 is 0 Å². The number of nitro groups is 1. The van der Waals surface area contributed by atoms with Gasteiger partial charge in [-0.25, -0.2) is 0 Å². The van der Waals surface area contributed by atoms with E-state index in [1.807, 2.05) is 18.2 Å². The first-order valence-corrected chi connectivity index (χ1v) is 11.7. The molecule has 3 aromatic rings. The van der Waals surface area contributed by atoms with E-state index in [1.54, 1.807) is 49.6 Å². The number of anilines is 1. The summed E-state index contributed by atoms with van der Waals surface area (Å²) in [6.45, 7) is 1.71. The maximum Gasteiger partial charge on any atom is 0.269 e. The van der Waals surface area contributed by atoms with Crippen molar-refractivity contribution in [3.63, 3.8) is 0 Å². The lowest BCUT2D eigenvalue weighted by molar-refractivity contribution is -0.384. The number of Topliss-reactive ketones (excluding diaryl/α,β-unsaturated/α-hetero) is 1. The summed E-state index contributed by atoms with van der Waals surface area (Å²) in [7, 11) is 3.12. The van der Waals surface area contributed by atoms with Crippen molar-refractivity contribution in [1.82, 2.24) is 5.06 Å². The van der Waals surface area contributed by atoms with Crippen molar-refractivity contribution in [3.8, 4) is 11.5 Å². The Hall–Kier alpha value is -4.28. The van der Waals surface area contributed by atoms with Gasteiger partial charge in [0.15, 0.2) is 17.3 Å². The zero-order valence-electron chi connectivity index (χ0n) is 20.5. The summed E-state index contributed by atoms with van der Waals surface area (Å²) in [5, 5.41) is 15.7. The largest absolute Gasteiger partial charge is 0.493 e. The molecular formula is C27H25N3O7. The van der Waals surface area contributed by atoms with Crippen molar-refractivity contribution in [3.05, 3.63) is 93.0 Å². The van der Waals surface area contributed by atoms with Crippen LogP contribution in [-0.2, 0) is 16.2 Å². The molecule has 0 unspecified atom stereocenters. The Morgan fingerprint density at radius 3 is 2.46 bits per heavy atom. The SMILES string of the molecule is COc1ccc(CN2O[C@@H]3c4cccc(NC(C)=O)c4C(=O)[C@@H]3[C@@H]2c2ccc([N+](=O)[O-])cc2)cc1OC. The minimum absolute atomic E-state index is 0.0420. The maximum absolute atomic E-state index is 13.8. The van der Waals surface area contributed by atoms with Gasteiger partial charge in [0.1, 0.15) is 6.10 Å². The molecule has 1 saturated heterocycles. The van der Waals surface area contributed by atoms with Crippen molar-refractivity contribution in [2.75, 3.05) is 19.5 Å². The molecule has 3 atom stereocenters. The van der Waals surface area contributed by atoms with Crippen LogP contribution in [0.25, 0.3) is 0 Å². The van der Waals surface area contributed by atoms with Gasteiger partial charge in [0, 0.05) is 31.2 Å². The number of nitro benzene ring substituents is 1. The number of ether oxygens (including phenoxy) is 2. The molecule has 1 aliphatic heterocycles. The highest BCUT2D eigenvalue weighted by molar-refractivity contribution is 6.10. The lowest BCUT2D eigenvalue weighted by atomic mass is 9.89. The topological polar surface area (TPSA) is 120 Å². The van der Waals surface area contributed by atoms with E-state index in [0.29, 0.717) is 40.4 Å². The van der Waals surface area contributed by atoms with Crippen molar-refractivity contribution in [2.45, 2.75) is 25.6 Å². The second-order valence-electron chi connectivity index (χ2n) is 8.93. The van der Waals surface area contributed by atoms with Crippen molar-refractivity contribution >= 4 is 23.1 Å². The van der Waals surface area contributed by atoms with Crippen LogP contribution in [0.5, 0.6) is 11.5 Å². The summed E-state index contributed by atoms with van der Waals surface area (Å²) >= 11 is 0. The lowest BCUT2D eigenvalue weighted by Gasteiger charge is -2.26. The van der Waals surface area contributed by atoms with Crippen molar-refractivity contribution in [1.29, 1.82) is 0 Å². The molecule has 37 heavy (non-hydrogen) atoms. The fraction of sp³-hybridized carbons (Fsp3) is 0.259. The number of amides is 1. The number of carbonyl (C=O) groups excluding carboxylic acids is 2. The first-order valence-electron chi connectivity index (χ1n) is 11.7. The number of nitrogens with one attached hydrogen (secondary N) is 1. The molecule has 0 saturated carbocycles. The number of hydrogen-bond acceptors (Lipinski definition) is 8. The fourth-order valence-electron chi connectivity index (χ4n) is 5.16. The number of fused-ring (bicyclic) bond motifs is 3. The first-order chi connectivity index (χ1) is 17.8. The van der Waals surface area contributed by atoms with Crippen molar-refractivity contribution < 1.29 is 28.8 Å². The van der Waals surface area contributed by atoms with Crippen LogP contribution in [0.1, 0.15) is 46.1 Å². The highest BCUT2D eigenvalue weighted by Crippen LogP contribution is 2.55. The normalized spacial score (nSPS) is 20.3. The summed E-state index contributed by atoms with van der Waals surface area (Å²) in [5.74, 6) is 0.120. The van der Waals surface area contributed by atoms with E-state index in [1.165, 1.54) is 19.1 Å². The molecule has 1 fully saturated rings. The summed E-state index contributed by atoms with van der Waals surface area (Å²) in [6, 6.07) is 16.5. The van der Waals surface area contributed by atoms with Gasteiger partial charge in [-0.2, -0.15) is 5.06 Å². The molecule has 10 heteroatoms. The zero-order valence-corrected chi connectivity index (χ0v) is 20.5. The van der Waals surface area contributed by atoms with E-state index in [4.69, 9.17) is 14.3 Å². The Morgan fingerprint density at radius 1 is 1.08 bits per heavy atom. The molecule has 190 valence electrons. The molecule has 3 aromatic carbocycles. The minimum Gasteiger partial charge on any atom is -0.493 e. The monoisotopic (exact) mass is 503 g/mol. The summed E-state index contributed by atoms with van der Waals surface area (Å²) in [6.07, 6.45) is -0.573. The van der Waals surface area contributed by atoms with Gasteiger partial charge in [-0.3, -0.25) is 24.5 Å². The molecule has 0 aromatic heterocycles. The third-order valence-electron chi connectivity index (χ3n) is 6.72. The lowest BCUT2D eigenvalue weighted by Crippen LogP contribution is -2.27. The summed E-state index contributed by atoms with van der Waals surface area (Å²) in [5.41, 5.74) is 3.11. The van der Waals surface area contributed by atoms with E-state index < -0.39 is 23.0 Å². The van der Waals surface area contributed by atoms with Gasteiger partial charge < -0.3 is 14.8 Å². The van der Waals surface area contributed by atoms with Gasteiger partial charge in [0.05, 0.1) is 36.8 Å². The van der Waals surface area contributed by atoms with Gasteiger partial charge in [-0.15, -0.1) is 0 Å². The van der Waals surface area contributed by atoms with Gasteiger partial charge in [0.25, 0.3) is 5.69 Å². The van der Waals surface area contributed by atoms with Crippen LogP contribution in [0.4, 0.5) is 11.4 Å². The van der Waals surface area contributed by atoms with E-state index in [-0.39, 0.29) is 17.4 Å². The Kier molecular flexibility index (Phi) is 6.36. The van der Waals surface area contributed by atoms with Crippen LogP contribution in [0.2, 0.25) is 0 Å². The molecule has 1 aliphatic carbocycles. The van der Waals surface area contributed by atoms with Gasteiger partial charge in [0.2, 0.25) is 5.91 Å². The Balaban J connectivity index is 1.56. The fourth-order valence-corrected chi connectivity index (χ4v) is 5.16. The number of hydroxylamine groups is 2.